The van der Waals surface area contributed by atoms with Crippen LogP contribution in [0.2, 0.25) is 0 Å². The Bertz CT molecular complexity index is 2710. The van der Waals surface area contributed by atoms with Gasteiger partial charge in [0.2, 0.25) is 0 Å². The molecule has 0 bridgehead atoms. The van der Waals surface area contributed by atoms with Crippen LogP contribution in [0.25, 0.3) is 59.6 Å². The summed E-state index contributed by atoms with van der Waals surface area (Å²) in [5.41, 5.74) is 6.64. The zero-order valence-corrected chi connectivity index (χ0v) is 31.2. The molecular weight excluding hydrogens is 643 g/mol. The summed E-state index contributed by atoms with van der Waals surface area (Å²) < 4.78 is 2.57. The van der Waals surface area contributed by atoms with Gasteiger partial charge in [0.15, 0.2) is 8.07 Å². The van der Waals surface area contributed by atoms with E-state index in [0.717, 1.165) is 0 Å². The SMILES string of the molecule is CC(C)c1ccc2cc3c(cc2c1)c1cc([Si](c2ccccc2)(c2ccccc2)c2ccccc2)cc2c4cc5cc(C(C)C)ccc5cc4n3c12. The van der Waals surface area contributed by atoms with E-state index in [9.17, 15) is 0 Å². The van der Waals surface area contributed by atoms with Gasteiger partial charge in [-0.2, -0.15) is 0 Å². The minimum absolute atomic E-state index is 0.476. The zero-order valence-electron chi connectivity index (χ0n) is 30.2. The standard InChI is InChI=1S/C50H41NSi/c1-32(2)34-20-22-36-28-48-44(26-38(36)24-34)46-30-43(31-47-45-27-39-25-35(33(3)4)21-23-37(39)29-49(45)51(48)50(46)47)52(40-14-8-5-9-15-40,41-16-10-6-11-17-41)42-18-12-7-13-19-42/h5-33H,1-4H3. The molecule has 0 atom stereocenters. The number of hydrogen-bond acceptors (Lipinski definition) is 0. The zero-order chi connectivity index (χ0) is 35.1. The second-order valence-electron chi connectivity index (χ2n) is 15.4. The van der Waals surface area contributed by atoms with Gasteiger partial charge in [0, 0.05) is 21.5 Å². The van der Waals surface area contributed by atoms with Crippen LogP contribution in [0.5, 0.6) is 0 Å². The Balaban J connectivity index is 1.42. The molecule has 2 heterocycles. The van der Waals surface area contributed by atoms with Crippen LogP contribution in [-0.2, 0) is 0 Å². The first-order valence-corrected chi connectivity index (χ1v) is 20.7. The van der Waals surface area contributed by atoms with Crippen molar-refractivity contribution in [3.63, 3.8) is 0 Å². The Morgan fingerprint density at radius 2 is 0.769 bits per heavy atom. The first-order valence-electron chi connectivity index (χ1n) is 18.7. The van der Waals surface area contributed by atoms with Gasteiger partial charge in [-0.15, -0.1) is 0 Å². The van der Waals surface area contributed by atoms with Gasteiger partial charge in [0.05, 0.1) is 16.6 Å². The second kappa shape index (κ2) is 11.7. The number of aromatic nitrogens is 1. The number of rotatable bonds is 6. The van der Waals surface area contributed by atoms with E-state index in [2.05, 4.69) is 196 Å². The first kappa shape index (κ1) is 31.1. The molecule has 0 spiro atoms. The number of nitrogens with zero attached hydrogens (tertiary/aromatic N) is 1. The summed E-state index contributed by atoms with van der Waals surface area (Å²) in [6, 6.07) is 63.1. The Hall–Kier alpha value is -5.70. The average molecular weight is 684 g/mol. The number of hydrogen-bond donors (Lipinski definition) is 0. The molecule has 0 saturated carbocycles. The third kappa shape index (κ3) is 4.47. The van der Waals surface area contributed by atoms with Crippen molar-refractivity contribution >= 4 is 88.5 Å². The predicted octanol–water partition coefficient (Wildman–Crippen LogP) is 10.8. The van der Waals surface area contributed by atoms with Gasteiger partial charge >= 0.3 is 0 Å². The highest BCUT2D eigenvalue weighted by molar-refractivity contribution is 7.20. The molecule has 1 nitrogen and oxygen atoms in total. The molecule has 0 saturated heterocycles. The van der Waals surface area contributed by atoms with Crippen molar-refractivity contribution in [2.24, 2.45) is 0 Å². The summed E-state index contributed by atoms with van der Waals surface area (Å²) in [7, 11) is -2.79. The van der Waals surface area contributed by atoms with Gasteiger partial charge < -0.3 is 4.40 Å². The Morgan fingerprint density at radius 3 is 1.15 bits per heavy atom. The Morgan fingerprint density at radius 1 is 0.365 bits per heavy atom. The van der Waals surface area contributed by atoms with Crippen molar-refractivity contribution in [1.82, 2.24) is 4.40 Å². The van der Waals surface area contributed by atoms with E-state index in [1.807, 2.05) is 0 Å². The first-order chi connectivity index (χ1) is 25.4. The molecule has 52 heavy (non-hydrogen) atoms. The lowest BCUT2D eigenvalue weighted by molar-refractivity contribution is 0.869. The van der Waals surface area contributed by atoms with Crippen molar-refractivity contribution in [3.8, 4) is 0 Å². The van der Waals surface area contributed by atoms with E-state index in [0.29, 0.717) is 11.8 Å². The van der Waals surface area contributed by atoms with Crippen LogP contribution in [-0.4, -0.2) is 12.5 Å². The maximum atomic E-state index is 2.58. The van der Waals surface area contributed by atoms with Crippen molar-refractivity contribution in [3.05, 3.63) is 175 Å². The van der Waals surface area contributed by atoms with Crippen LogP contribution in [0.3, 0.4) is 0 Å². The molecule has 0 radical (unpaired) electrons. The molecule has 250 valence electrons. The molecule has 10 rings (SSSR count). The molecule has 2 heteroatoms. The normalized spacial score (nSPS) is 12.6. The van der Waals surface area contributed by atoms with E-state index in [-0.39, 0.29) is 0 Å². The molecular formula is C50H41NSi. The van der Waals surface area contributed by atoms with Crippen LogP contribution in [0.1, 0.15) is 50.7 Å². The van der Waals surface area contributed by atoms with E-state index in [4.69, 9.17) is 0 Å². The average Bonchev–Trinajstić information content (AvgIpc) is 3.67. The molecule has 0 aliphatic rings. The molecule has 0 aliphatic heterocycles. The number of benzene rings is 8. The molecule has 0 amide bonds. The summed E-state index contributed by atoms with van der Waals surface area (Å²) >= 11 is 0. The topological polar surface area (TPSA) is 4.41 Å². The lowest BCUT2D eigenvalue weighted by atomic mass is 9.97. The molecule has 0 N–H and O–H groups in total. The molecule has 0 aliphatic carbocycles. The van der Waals surface area contributed by atoms with Crippen molar-refractivity contribution < 1.29 is 0 Å². The maximum Gasteiger partial charge on any atom is 0.179 e. The second-order valence-corrected chi connectivity index (χ2v) is 19.2. The summed E-state index contributed by atoms with van der Waals surface area (Å²) in [5.74, 6) is 0.952. The molecule has 2 aromatic heterocycles. The lowest BCUT2D eigenvalue weighted by Gasteiger charge is -2.34. The summed E-state index contributed by atoms with van der Waals surface area (Å²) in [4.78, 5) is 0. The van der Waals surface area contributed by atoms with Gasteiger partial charge in [0.25, 0.3) is 0 Å². The van der Waals surface area contributed by atoms with Crippen molar-refractivity contribution in [2.75, 3.05) is 0 Å². The van der Waals surface area contributed by atoms with Crippen LogP contribution in [0.4, 0.5) is 0 Å². The van der Waals surface area contributed by atoms with Crippen LogP contribution < -0.4 is 20.7 Å². The maximum absolute atomic E-state index is 2.79. The Kier molecular flexibility index (Phi) is 6.97. The summed E-state index contributed by atoms with van der Waals surface area (Å²) in [6.07, 6.45) is 0. The smallest absolute Gasteiger partial charge is 0.179 e. The van der Waals surface area contributed by atoms with Crippen molar-refractivity contribution in [1.29, 1.82) is 0 Å². The third-order valence-corrected chi connectivity index (χ3v) is 16.5. The van der Waals surface area contributed by atoms with E-state index >= 15 is 0 Å². The largest absolute Gasteiger partial charge is 0.308 e. The Labute approximate surface area is 306 Å². The molecule has 10 aromatic rings. The van der Waals surface area contributed by atoms with Crippen LogP contribution in [0, 0.1) is 0 Å². The monoisotopic (exact) mass is 683 g/mol. The van der Waals surface area contributed by atoms with Gasteiger partial charge in [-0.1, -0.05) is 167 Å². The van der Waals surface area contributed by atoms with Gasteiger partial charge in [-0.25, -0.2) is 0 Å². The predicted molar refractivity (Wildman–Crippen MR) is 228 cm³/mol. The van der Waals surface area contributed by atoms with Gasteiger partial charge in [-0.3, -0.25) is 0 Å². The van der Waals surface area contributed by atoms with Crippen molar-refractivity contribution in [2.45, 2.75) is 39.5 Å². The fraction of sp³-hybridized carbons (Fsp3) is 0.120. The van der Waals surface area contributed by atoms with Gasteiger partial charge in [-0.05, 0) is 89.5 Å². The number of fused-ring (bicyclic) bond motifs is 8. The third-order valence-electron chi connectivity index (χ3n) is 11.7. The highest BCUT2D eigenvalue weighted by Crippen LogP contribution is 2.42. The highest BCUT2D eigenvalue weighted by atomic mass is 28.3. The van der Waals surface area contributed by atoms with Crippen LogP contribution >= 0.6 is 0 Å². The fourth-order valence-electron chi connectivity index (χ4n) is 9.07. The van der Waals surface area contributed by atoms with E-state index in [1.165, 1.54) is 91.5 Å². The summed E-state index contributed by atoms with van der Waals surface area (Å²) in [5, 5.41) is 16.1. The quantitative estimate of drug-likeness (QED) is 0.121. The minimum Gasteiger partial charge on any atom is -0.308 e. The fourth-order valence-corrected chi connectivity index (χ4v) is 13.9. The molecule has 8 aromatic carbocycles. The lowest BCUT2D eigenvalue weighted by Crippen LogP contribution is -2.74. The summed E-state index contributed by atoms with van der Waals surface area (Å²) in [6.45, 7) is 9.15. The van der Waals surface area contributed by atoms with Gasteiger partial charge in [0.1, 0.15) is 0 Å². The van der Waals surface area contributed by atoms with E-state index in [1.54, 1.807) is 0 Å². The molecule has 0 fully saturated rings. The van der Waals surface area contributed by atoms with E-state index < -0.39 is 8.07 Å². The van der Waals surface area contributed by atoms with Crippen LogP contribution in [0.15, 0.2) is 164 Å². The highest BCUT2D eigenvalue weighted by Gasteiger charge is 2.42. The molecule has 0 unspecified atom stereocenters. The minimum atomic E-state index is -2.79.